The monoisotopic (exact) mass is 214 g/mol. The molecule has 0 aromatic carbocycles. The minimum absolute atomic E-state index is 0.0873. The van der Waals surface area contributed by atoms with Gasteiger partial charge in [-0.05, 0) is 32.1 Å². The molecule has 1 rings (SSSR count). The Kier molecular flexibility index (Phi) is 5.65. The molecular formula is C11H22N2O2. The molecule has 1 saturated carbocycles. The van der Waals surface area contributed by atoms with Gasteiger partial charge in [0.2, 0.25) is 5.91 Å². The second-order valence-corrected chi connectivity index (χ2v) is 4.18. The predicted molar refractivity (Wildman–Crippen MR) is 59.5 cm³/mol. The SMILES string of the molecule is CNC(=O)CCCOC1CCC(N)CC1. The molecule has 4 nitrogen and oxygen atoms in total. The largest absolute Gasteiger partial charge is 0.378 e. The van der Waals surface area contributed by atoms with Crippen molar-refractivity contribution in [3.8, 4) is 0 Å². The zero-order valence-electron chi connectivity index (χ0n) is 9.50. The van der Waals surface area contributed by atoms with Crippen molar-refractivity contribution in [1.82, 2.24) is 5.32 Å². The molecule has 88 valence electrons. The van der Waals surface area contributed by atoms with E-state index in [1.165, 1.54) is 0 Å². The van der Waals surface area contributed by atoms with Crippen molar-refractivity contribution in [3.05, 3.63) is 0 Å². The molecule has 0 radical (unpaired) electrons. The summed E-state index contributed by atoms with van der Waals surface area (Å²) in [5, 5.41) is 2.60. The van der Waals surface area contributed by atoms with Crippen LogP contribution in [0.5, 0.6) is 0 Å². The number of hydrogen-bond donors (Lipinski definition) is 2. The van der Waals surface area contributed by atoms with Crippen LogP contribution >= 0.6 is 0 Å². The number of hydrogen-bond acceptors (Lipinski definition) is 3. The average molecular weight is 214 g/mol. The lowest BCUT2D eigenvalue weighted by Gasteiger charge is -2.26. The molecule has 15 heavy (non-hydrogen) atoms. The highest BCUT2D eigenvalue weighted by atomic mass is 16.5. The average Bonchev–Trinajstić information content (AvgIpc) is 2.26. The van der Waals surface area contributed by atoms with Crippen molar-refractivity contribution in [1.29, 1.82) is 0 Å². The summed E-state index contributed by atoms with van der Waals surface area (Å²) < 4.78 is 5.69. The normalized spacial score (nSPS) is 26.3. The minimum Gasteiger partial charge on any atom is -0.378 e. The first kappa shape index (κ1) is 12.5. The van der Waals surface area contributed by atoms with Crippen LogP contribution in [0.4, 0.5) is 0 Å². The van der Waals surface area contributed by atoms with Gasteiger partial charge in [0.05, 0.1) is 6.10 Å². The number of ether oxygens (including phenoxy) is 1. The molecule has 0 aliphatic heterocycles. The van der Waals surface area contributed by atoms with Crippen LogP contribution in [0.2, 0.25) is 0 Å². The van der Waals surface area contributed by atoms with E-state index in [9.17, 15) is 4.79 Å². The molecule has 0 aromatic rings. The first-order valence-electron chi connectivity index (χ1n) is 5.80. The van der Waals surface area contributed by atoms with Crippen LogP contribution in [0, 0.1) is 0 Å². The van der Waals surface area contributed by atoms with E-state index < -0.39 is 0 Å². The van der Waals surface area contributed by atoms with Crippen molar-refractivity contribution in [3.63, 3.8) is 0 Å². The van der Waals surface area contributed by atoms with E-state index in [1.807, 2.05) is 0 Å². The van der Waals surface area contributed by atoms with Gasteiger partial charge in [0.25, 0.3) is 0 Å². The highest BCUT2D eigenvalue weighted by Crippen LogP contribution is 2.19. The minimum atomic E-state index is 0.0873. The van der Waals surface area contributed by atoms with E-state index in [2.05, 4.69) is 5.32 Å². The standard InChI is InChI=1S/C11H22N2O2/c1-13-11(14)3-2-8-15-10-6-4-9(12)5-7-10/h9-10H,2-8,12H2,1H3,(H,13,14). The highest BCUT2D eigenvalue weighted by Gasteiger charge is 2.18. The number of nitrogens with one attached hydrogen (secondary N) is 1. The van der Waals surface area contributed by atoms with Crippen molar-refractivity contribution in [2.24, 2.45) is 5.73 Å². The van der Waals surface area contributed by atoms with Gasteiger partial charge in [0.15, 0.2) is 0 Å². The molecule has 1 fully saturated rings. The summed E-state index contributed by atoms with van der Waals surface area (Å²) in [5.41, 5.74) is 5.80. The van der Waals surface area contributed by atoms with Gasteiger partial charge in [0, 0.05) is 26.1 Å². The third kappa shape index (κ3) is 5.14. The highest BCUT2D eigenvalue weighted by molar-refractivity contribution is 5.75. The molecule has 1 aliphatic carbocycles. The van der Waals surface area contributed by atoms with Crippen LogP contribution in [0.1, 0.15) is 38.5 Å². The molecule has 0 spiro atoms. The molecule has 1 amide bonds. The third-order valence-corrected chi connectivity index (χ3v) is 2.90. The van der Waals surface area contributed by atoms with Crippen molar-refractivity contribution in [2.75, 3.05) is 13.7 Å². The Labute approximate surface area is 91.5 Å². The van der Waals surface area contributed by atoms with E-state index in [4.69, 9.17) is 10.5 Å². The third-order valence-electron chi connectivity index (χ3n) is 2.90. The Morgan fingerprint density at radius 1 is 1.40 bits per heavy atom. The van der Waals surface area contributed by atoms with Gasteiger partial charge in [-0.25, -0.2) is 0 Å². The Hall–Kier alpha value is -0.610. The lowest BCUT2D eigenvalue weighted by Crippen LogP contribution is -2.30. The fraction of sp³-hybridized carbons (Fsp3) is 0.909. The first-order valence-corrected chi connectivity index (χ1v) is 5.80. The van der Waals surface area contributed by atoms with E-state index in [0.717, 1.165) is 32.1 Å². The van der Waals surface area contributed by atoms with E-state index in [-0.39, 0.29) is 5.91 Å². The fourth-order valence-corrected chi connectivity index (χ4v) is 1.86. The molecule has 0 atom stereocenters. The molecular weight excluding hydrogens is 192 g/mol. The molecule has 0 bridgehead atoms. The Bertz CT molecular complexity index is 189. The van der Waals surface area contributed by atoms with Gasteiger partial charge >= 0.3 is 0 Å². The maximum absolute atomic E-state index is 10.9. The number of carbonyl (C=O) groups excluding carboxylic acids is 1. The number of amides is 1. The summed E-state index contributed by atoms with van der Waals surface area (Å²) in [6, 6.07) is 0.371. The van der Waals surface area contributed by atoms with Crippen molar-refractivity contribution < 1.29 is 9.53 Å². The van der Waals surface area contributed by atoms with Crippen molar-refractivity contribution in [2.45, 2.75) is 50.7 Å². The van der Waals surface area contributed by atoms with Gasteiger partial charge < -0.3 is 15.8 Å². The number of nitrogens with two attached hydrogens (primary N) is 1. The molecule has 0 aromatic heterocycles. The van der Waals surface area contributed by atoms with E-state index >= 15 is 0 Å². The summed E-state index contributed by atoms with van der Waals surface area (Å²) in [4.78, 5) is 10.9. The zero-order chi connectivity index (χ0) is 11.1. The number of rotatable bonds is 5. The smallest absolute Gasteiger partial charge is 0.219 e. The Morgan fingerprint density at radius 3 is 2.67 bits per heavy atom. The summed E-state index contributed by atoms with van der Waals surface area (Å²) >= 11 is 0. The topological polar surface area (TPSA) is 64.3 Å². The van der Waals surface area contributed by atoms with Gasteiger partial charge in [0.1, 0.15) is 0 Å². The van der Waals surface area contributed by atoms with E-state index in [1.54, 1.807) is 7.05 Å². The number of carbonyl (C=O) groups is 1. The van der Waals surface area contributed by atoms with Crippen LogP contribution < -0.4 is 11.1 Å². The van der Waals surface area contributed by atoms with Crippen LogP contribution in [-0.4, -0.2) is 31.7 Å². The van der Waals surface area contributed by atoms with E-state index in [0.29, 0.717) is 25.2 Å². The molecule has 4 heteroatoms. The molecule has 0 saturated heterocycles. The quantitative estimate of drug-likeness (QED) is 0.665. The molecule has 3 N–H and O–H groups in total. The second kappa shape index (κ2) is 6.80. The van der Waals surface area contributed by atoms with Crippen LogP contribution in [0.15, 0.2) is 0 Å². The predicted octanol–water partition coefficient (Wildman–Crippen LogP) is 0.799. The maximum atomic E-state index is 10.9. The lowest BCUT2D eigenvalue weighted by atomic mass is 9.94. The summed E-state index contributed by atoms with van der Waals surface area (Å²) in [6.45, 7) is 0.688. The fourth-order valence-electron chi connectivity index (χ4n) is 1.86. The summed E-state index contributed by atoms with van der Waals surface area (Å²) in [7, 11) is 1.66. The zero-order valence-corrected chi connectivity index (χ0v) is 9.50. The van der Waals surface area contributed by atoms with Gasteiger partial charge in [-0.3, -0.25) is 4.79 Å². The summed E-state index contributed by atoms with van der Waals surface area (Å²) in [5.74, 6) is 0.0873. The van der Waals surface area contributed by atoms with Crippen LogP contribution in [0.25, 0.3) is 0 Å². The molecule has 1 aliphatic rings. The van der Waals surface area contributed by atoms with Crippen LogP contribution in [0.3, 0.4) is 0 Å². The van der Waals surface area contributed by atoms with Crippen molar-refractivity contribution >= 4 is 5.91 Å². The Balaban J connectivity index is 1.98. The molecule has 0 unspecified atom stereocenters. The molecule has 0 heterocycles. The second-order valence-electron chi connectivity index (χ2n) is 4.18. The maximum Gasteiger partial charge on any atom is 0.219 e. The van der Waals surface area contributed by atoms with Crippen LogP contribution in [-0.2, 0) is 9.53 Å². The van der Waals surface area contributed by atoms with Gasteiger partial charge in [-0.2, -0.15) is 0 Å². The van der Waals surface area contributed by atoms with Gasteiger partial charge in [-0.1, -0.05) is 0 Å². The van der Waals surface area contributed by atoms with Gasteiger partial charge in [-0.15, -0.1) is 0 Å². The Morgan fingerprint density at radius 2 is 2.07 bits per heavy atom. The lowest BCUT2D eigenvalue weighted by molar-refractivity contribution is -0.121. The summed E-state index contributed by atoms with van der Waals surface area (Å²) in [6.07, 6.45) is 6.02. The first-order chi connectivity index (χ1) is 7.22.